The SMILES string of the molecule is O=C1Nc2cc(Sc3ccccc3)c(Br)cc2C1=O. The predicted molar refractivity (Wildman–Crippen MR) is 77.7 cm³/mol. The lowest BCUT2D eigenvalue weighted by molar-refractivity contribution is -0.112. The fourth-order valence-corrected chi connectivity index (χ4v) is 3.31. The van der Waals surface area contributed by atoms with Gasteiger partial charge in [0, 0.05) is 14.3 Å². The number of carbonyl (C=O) groups excluding carboxylic acids is 2. The molecule has 0 saturated carbocycles. The lowest BCUT2D eigenvalue weighted by Crippen LogP contribution is -2.12. The molecule has 0 fully saturated rings. The number of fused-ring (bicyclic) bond motifs is 1. The third kappa shape index (κ3) is 2.31. The number of nitrogens with one attached hydrogen (secondary N) is 1. The first-order valence-electron chi connectivity index (χ1n) is 5.57. The van der Waals surface area contributed by atoms with Crippen LogP contribution >= 0.6 is 27.7 Å². The van der Waals surface area contributed by atoms with Crippen LogP contribution < -0.4 is 5.32 Å². The van der Waals surface area contributed by atoms with E-state index in [1.165, 1.54) is 0 Å². The van der Waals surface area contributed by atoms with Crippen molar-refractivity contribution < 1.29 is 9.59 Å². The molecule has 3 rings (SSSR count). The fourth-order valence-electron chi connectivity index (χ4n) is 1.84. The van der Waals surface area contributed by atoms with E-state index in [0.29, 0.717) is 11.3 Å². The van der Waals surface area contributed by atoms with Crippen LogP contribution in [0.5, 0.6) is 0 Å². The van der Waals surface area contributed by atoms with Crippen LogP contribution in [0.2, 0.25) is 0 Å². The van der Waals surface area contributed by atoms with Gasteiger partial charge in [0.2, 0.25) is 0 Å². The molecule has 0 aromatic heterocycles. The van der Waals surface area contributed by atoms with Gasteiger partial charge in [-0.2, -0.15) is 0 Å². The van der Waals surface area contributed by atoms with E-state index in [-0.39, 0.29) is 0 Å². The number of hydrogen-bond donors (Lipinski definition) is 1. The maximum Gasteiger partial charge on any atom is 0.296 e. The quantitative estimate of drug-likeness (QED) is 0.851. The Bertz CT molecular complexity index is 685. The van der Waals surface area contributed by atoms with Crippen molar-refractivity contribution in [3.05, 3.63) is 52.5 Å². The Kier molecular flexibility index (Phi) is 3.16. The number of rotatable bonds is 2. The van der Waals surface area contributed by atoms with Crippen molar-refractivity contribution in [3.8, 4) is 0 Å². The van der Waals surface area contributed by atoms with Crippen LogP contribution in [0.4, 0.5) is 5.69 Å². The Labute approximate surface area is 122 Å². The van der Waals surface area contributed by atoms with Gasteiger partial charge in [-0.3, -0.25) is 9.59 Å². The first-order valence-corrected chi connectivity index (χ1v) is 7.18. The standard InChI is InChI=1S/C14H8BrNO2S/c15-10-6-9-11(16-14(18)13(9)17)7-12(10)19-8-4-2-1-3-5-8/h1-7H,(H,16,17,18). The van der Waals surface area contributed by atoms with Crippen molar-refractivity contribution in [2.24, 2.45) is 0 Å². The highest BCUT2D eigenvalue weighted by atomic mass is 79.9. The van der Waals surface area contributed by atoms with E-state index in [9.17, 15) is 9.59 Å². The second-order valence-corrected chi connectivity index (χ2v) is 6.00. The molecule has 5 heteroatoms. The van der Waals surface area contributed by atoms with E-state index in [1.807, 2.05) is 36.4 Å². The van der Waals surface area contributed by atoms with Crippen molar-refractivity contribution in [1.29, 1.82) is 0 Å². The highest BCUT2D eigenvalue weighted by Crippen LogP contribution is 2.38. The Morgan fingerprint density at radius 2 is 1.79 bits per heavy atom. The third-order valence-corrected chi connectivity index (χ3v) is 4.73. The van der Waals surface area contributed by atoms with E-state index in [0.717, 1.165) is 14.3 Å². The first-order chi connectivity index (χ1) is 9.15. The van der Waals surface area contributed by atoms with Gasteiger partial charge in [-0.1, -0.05) is 30.0 Å². The second-order valence-electron chi connectivity index (χ2n) is 4.03. The van der Waals surface area contributed by atoms with Crippen molar-refractivity contribution in [2.75, 3.05) is 5.32 Å². The number of halogens is 1. The Hall–Kier alpha value is -1.59. The highest BCUT2D eigenvalue weighted by molar-refractivity contribution is 9.10. The number of anilines is 1. The molecule has 19 heavy (non-hydrogen) atoms. The van der Waals surface area contributed by atoms with Gasteiger partial charge in [0.1, 0.15) is 0 Å². The molecule has 3 nitrogen and oxygen atoms in total. The van der Waals surface area contributed by atoms with E-state index < -0.39 is 11.7 Å². The average molecular weight is 334 g/mol. The van der Waals surface area contributed by atoms with E-state index >= 15 is 0 Å². The van der Waals surface area contributed by atoms with Crippen molar-refractivity contribution in [1.82, 2.24) is 0 Å². The van der Waals surface area contributed by atoms with Gasteiger partial charge >= 0.3 is 0 Å². The maximum absolute atomic E-state index is 11.6. The molecule has 0 unspecified atom stereocenters. The van der Waals surface area contributed by atoms with Crippen LogP contribution in [0.15, 0.2) is 56.7 Å². The third-order valence-electron chi connectivity index (χ3n) is 2.74. The molecule has 1 heterocycles. The minimum atomic E-state index is -0.566. The molecule has 2 aromatic rings. The molecule has 1 aliphatic heterocycles. The largest absolute Gasteiger partial charge is 0.318 e. The molecular weight excluding hydrogens is 326 g/mol. The van der Waals surface area contributed by atoms with Gasteiger partial charge in [-0.15, -0.1) is 0 Å². The summed E-state index contributed by atoms with van der Waals surface area (Å²) < 4.78 is 0.810. The maximum atomic E-state index is 11.6. The van der Waals surface area contributed by atoms with Crippen LogP contribution in [0.1, 0.15) is 10.4 Å². The first kappa shape index (κ1) is 12.4. The minimum Gasteiger partial charge on any atom is -0.318 e. The molecule has 0 spiro atoms. The molecule has 1 aliphatic rings. The molecule has 2 aromatic carbocycles. The Balaban J connectivity index is 1.99. The van der Waals surface area contributed by atoms with Crippen molar-refractivity contribution >= 4 is 45.1 Å². The lowest BCUT2D eigenvalue weighted by atomic mass is 10.1. The average Bonchev–Trinajstić information content (AvgIpc) is 2.67. The minimum absolute atomic E-state index is 0.425. The molecular formula is C14H8BrNO2S. The molecule has 0 radical (unpaired) electrons. The molecule has 94 valence electrons. The summed E-state index contributed by atoms with van der Waals surface area (Å²) in [6.07, 6.45) is 0. The number of carbonyl (C=O) groups is 2. The molecule has 1 N–H and O–H groups in total. The summed E-state index contributed by atoms with van der Waals surface area (Å²) in [7, 11) is 0. The monoisotopic (exact) mass is 333 g/mol. The Morgan fingerprint density at radius 1 is 1.05 bits per heavy atom. The van der Waals surface area contributed by atoms with E-state index in [1.54, 1.807) is 17.8 Å². The second kappa shape index (κ2) is 4.83. The molecule has 0 atom stereocenters. The summed E-state index contributed by atoms with van der Waals surface area (Å²) in [6, 6.07) is 13.4. The summed E-state index contributed by atoms with van der Waals surface area (Å²) >= 11 is 5.02. The predicted octanol–water partition coefficient (Wildman–Crippen LogP) is 3.74. The van der Waals surface area contributed by atoms with Crippen LogP contribution in [0.25, 0.3) is 0 Å². The summed E-state index contributed by atoms with van der Waals surface area (Å²) in [5, 5.41) is 2.58. The van der Waals surface area contributed by atoms with Gasteiger partial charge in [-0.25, -0.2) is 0 Å². The molecule has 0 saturated heterocycles. The summed E-state index contributed by atoms with van der Waals surface area (Å²) in [5.74, 6) is -1.05. The van der Waals surface area contributed by atoms with Gasteiger partial charge in [-0.05, 0) is 40.2 Å². The molecule has 0 aliphatic carbocycles. The summed E-state index contributed by atoms with van der Waals surface area (Å²) in [5.41, 5.74) is 1.01. The number of Topliss-reactive ketones (excluding diaryl/α,β-unsaturated/α-hetero) is 1. The van der Waals surface area contributed by atoms with Crippen LogP contribution in [0.3, 0.4) is 0 Å². The van der Waals surface area contributed by atoms with Crippen molar-refractivity contribution in [2.45, 2.75) is 9.79 Å². The lowest BCUT2D eigenvalue weighted by Gasteiger charge is -2.06. The zero-order valence-electron chi connectivity index (χ0n) is 9.64. The van der Waals surface area contributed by atoms with Gasteiger partial charge in [0.25, 0.3) is 11.7 Å². The van der Waals surface area contributed by atoms with Crippen LogP contribution in [-0.4, -0.2) is 11.7 Å². The normalized spacial score (nSPS) is 13.3. The number of amides is 1. The number of ketones is 1. The zero-order chi connectivity index (χ0) is 13.4. The van der Waals surface area contributed by atoms with Crippen molar-refractivity contribution in [3.63, 3.8) is 0 Å². The molecule has 0 bridgehead atoms. The van der Waals surface area contributed by atoms with Gasteiger partial charge in [0.15, 0.2) is 0 Å². The van der Waals surface area contributed by atoms with E-state index in [2.05, 4.69) is 21.2 Å². The topological polar surface area (TPSA) is 46.2 Å². The zero-order valence-corrected chi connectivity index (χ0v) is 12.0. The summed E-state index contributed by atoms with van der Waals surface area (Å²) in [4.78, 5) is 25.0. The van der Waals surface area contributed by atoms with Crippen LogP contribution in [0, 0.1) is 0 Å². The molecule has 1 amide bonds. The number of benzene rings is 2. The fraction of sp³-hybridized carbons (Fsp3) is 0. The summed E-state index contributed by atoms with van der Waals surface area (Å²) in [6.45, 7) is 0. The van der Waals surface area contributed by atoms with E-state index in [4.69, 9.17) is 0 Å². The Morgan fingerprint density at radius 3 is 2.53 bits per heavy atom. The smallest absolute Gasteiger partial charge is 0.296 e. The number of hydrogen-bond acceptors (Lipinski definition) is 3. The van der Waals surface area contributed by atoms with Gasteiger partial charge in [0.05, 0.1) is 11.3 Å². The van der Waals surface area contributed by atoms with Gasteiger partial charge < -0.3 is 5.32 Å². The van der Waals surface area contributed by atoms with Crippen LogP contribution in [-0.2, 0) is 4.79 Å². The highest BCUT2D eigenvalue weighted by Gasteiger charge is 2.29.